The zero-order valence-electron chi connectivity index (χ0n) is 18.0. The SMILES string of the molecule is CC(C)SCCNC(=O)CCN(CCOCCOCCN)CCC(=O)NCCS. The predicted octanol–water partition coefficient (Wildman–Crippen LogP) is 0.364. The van der Waals surface area contributed by atoms with Crippen molar-refractivity contribution in [1.82, 2.24) is 15.5 Å². The summed E-state index contributed by atoms with van der Waals surface area (Å²) in [5, 5.41) is 6.33. The fraction of sp³-hybridized carbons (Fsp3) is 0.895. The van der Waals surface area contributed by atoms with Crippen LogP contribution in [0.1, 0.15) is 26.7 Å². The molecule has 0 saturated heterocycles. The van der Waals surface area contributed by atoms with Crippen LogP contribution in [0.25, 0.3) is 0 Å². The van der Waals surface area contributed by atoms with Crippen molar-refractivity contribution < 1.29 is 19.1 Å². The Labute approximate surface area is 185 Å². The van der Waals surface area contributed by atoms with Gasteiger partial charge in [0, 0.05) is 63.6 Å². The molecule has 0 aliphatic carbocycles. The Balaban J connectivity index is 4.15. The van der Waals surface area contributed by atoms with Crippen LogP contribution in [0.15, 0.2) is 0 Å². The lowest BCUT2D eigenvalue weighted by atomic mass is 10.3. The van der Waals surface area contributed by atoms with Gasteiger partial charge in [-0.15, -0.1) is 0 Å². The molecule has 4 N–H and O–H groups in total. The molecule has 0 aromatic heterocycles. The van der Waals surface area contributed by atoms with Crippen LogP contribution in [-0.4, -0.2) is 99.2 Å². The van der Waals surface area contributed by atoms with Crippen LogP contribution < -0.4 is 16.4 Å². The van der Waals surface area contributed by atoms with Crippen LogP contribution in [-0.2, 0) is 19.1 Å². The minimum absolute atomic E-state index is 0.00434. The molecule has 0 saturated carbocycles. The second-order valence-electron chi connectivity index (χ2n) is 6.70. The molecule has 8 nitrogen and oxygen atoms in total. The zero-order valence-corrected chi connectivity index (χ0v) is 19.7. The summed E-state index contributed by atoms with van der Waals surface area (Å²) >= 11 is 5.92. The van der Waals surface area contributed by atoms with Gasteiger partial charge in [0.15, 0.2) is 0 Å². The van der Waals surface area contributed by atoms with Crippen molar-refractivity contribution in [2.75, 3.05) is 77.2 Å². The number of nitrogens with zero attached hydrogens (tertiary/aromatic N) is 1. The Kier molecular flexibility index (Phi) is 20.4. The highest BCUT2D eigenvalue weighted by molar-refractivity contribution is 7.99. The molecule has 172 valence electrons. The molecule has 0 fully saturated rings. The van der Waals surface area contributed by atoms with Gasteiger partial charge in [0.1, 0.15) is 0 Å². The van der Waals surface area contributed by atoms with E-state index in [0.717, 1.165) is 5.75 Å². The minimum Gasteiger partial charge on any atom is -0.378 e. The lowest BCUT2D eigenvalue weighted by Crippen LogP contribution is -2.36. The van der Waals surface area contributed by atoms with Crippen molar-refractivity contribution in [1.29, 1.82) is 0 Å². The summed E-state index contributed by atoms with van der Waals surface area (Å²) in [5.74, 6) is 1.56. The molecular weight excluding hydrogens is 412 g/mol. The van der Waals surface area contributed by atoms with Gasteiger partial charge >= 0.3 is 0 Å². The Hall–Kier alpha value is -0.520. The van der Waals surface area contributed by atoms with Crippen molar-refractivity contribution in [3.05, 3.63) is 0 Å². The fourth-order valence-electron chi connectivity index (χ4n) is 2.31. The van der Waals surface area contributed by atoms with Gasteiger partial charge in [-0.2, -0.15) is 24.4 Å². The van der Waals surface area contributed by atoms with E-state index in [2.05, 4.69) is 42.0 Å². The maximum atomic E-state index is 12.1. The molecule has 0 heterocycles. The highest BCUT2D eigenvalue weighted by atomic mass is 32.2. The van der Waals surface area contributed by atoms with E-state index in [1.807, 2.05) is 11.8 Å². The Morgan fingerprint density at radius 3 is 2.10 bits per heavy atom. The van der Waals surface area contributed by atoms with Crippen molar-refractivity contribution in [3.8, 4) is 0 Å². The molecule has 0 radical (unpaired) electrons. The number of carbonyl (C=O) groups is 2. The van der Waals surface area contributed by atoms with Crippen LogP contribution >= 0.6 is 24.4 Å². The summed E-state index contributed by atoms with van der Waals surface area (Å²) < 4.78 is 10.8. The third-order valence-electron chi connectivity index (χ3n) is 3.81. The molecular formula is C19H40N4O4S2. The van der Waals surface area contributed by atoms with E-state index < -0.39 is 0 Å². The van der Waals surface area contributed by atoms with Crippen LogP contribution in [0.4, 0.5) is 0 Å². The first-order valence-electron chi connectivity index (χ1n) is 10.3. The topological polar surface area (TPSA) is 106 Å². The summed E-state index contributed by atoms with van der Waals surface area (Å²) in [7, 11) is 0. The Morgan fingerprint density at radius 1 is 0.966 bits per heavy atom. The van der Waals surface area contributed by atoms with Crippen LogP contribution in [0.2, 0.25) is 0 Å². The number of hydrogen-bond acceptors (Lipinski definition) is 8. The molecule has 0 aromatic rings. The average Bonchev–Trinajstić information content (AvgIpc) is 2.70. The zero-order chi connectivity index (χ0) is 21.7. The lowest BCUT2D eigenvalue weighted by Gasteiger charge is -2.22. The van der Waals surface area contributed by atoms with Crippen molar-refractivity contribution in [2.45, 2.75) is 31.9 Å². The van der Waals surface area contributed by atoms with E-state index in [4.69, 9.17) is 15.2 Å². The number of thiol groups is 1. The van der Waals surface area contributed by atoms with Crippen LogP contribution in [0.3, 0.4) is 0 Å². The summed E-state index contributed by atoms with van der Waals surface area (Å²) in [5.41, 5.74) is 5.36. The number of nitrogens with two attached hydrogens (primary N) is 1. The number of rotatable bonds is 20. The first-order valence-corrected chi connectivity index (χ1v) is 12.0. The number of ether oxygens (including phenoxy) is 2. The second kappa shape index (κ2) is 20.7. The Morgan fingerprint density at radius 2 is 1.55 bits per heavy atom. The second-order valence-corrected chi connectivity index (χ2v) is 8.83. The van der Waals surface area contributed by atoms with Gasteiger partial charge in [-0.25, -0.2) is 0 Å². The first kappa shape index (κ1) is 28.5. The van der Waals surface area contributed by atoms with E-state index in [0.29, 0.717) is 89.5 Å². The highest BCUT2D eigenvalue weighted by Gasteiger charge is 2.11. The van der Waals surface area contributed by atoms with Crippen molar-refractivity contribution in [3.63, 3.8) is 0 Å². The molecule has 10 heteroatoms. The van der Waals surface area contributed by atoms with Gasteiger partial charge < -0.3 is 30.7 Å². The maximum absolute atomic E-state index is 12.1. The largest absolute Gasteiger partial charge is 0.378 e. The maximum Gasteiger partial charge on any atom is 0.221 e. The van der Waals surface area contributed by atoms with E-state index in [9.17, 15) is 9.59 Å². The van der Waals surface area contributed by atoms with Gasteiger partial charge in [-0.05, 0) is 5.25 Å². The van der Waals surface area contributed by atoms with Crippen molar-refractivity contribution in [2.24, 2.45) is 5.73 Å². The quantitative estimate of drug-likeness (QED) is 0.156. The number of amides is 2. The molecule has 0 spiro atoms. The Bertz CT molecular complexity index is 418. The third-order valence-corrected chi connectivity index (χ3v) is 5.14. The monoisotopic (exact) mass is 452 g/mol. The van der Waals surface area contributed by atoms with Crippen molar-refractivity contribution >= 4 is 36.2 Å². The number of hydrogen-bond donors (Lipinski definition) is 4. The standard InChI is InChI=1S/C19H40N4O4S2/c1-17(2)29-16-7-22-19(25)4-9-23(8-3-18(24)21-6-15-28)10-12-27-14-13-26-11-5-20/h17,28H,3-16,20H2,1-2H3,(H,21,24)(H,22,25). The number of carbonyl (C=O) groups excluding carboxylic acids is 2. The van der Waals surface area contributed by atoms with Crippen LogP contribution in [0.5, 0.6) is 0 Å². The van der Waals surface area contributed by atoms with Crippen LogP contribution in [0, 0.1) is 0 Å². The molecule has 0 atom stereocenters. The lowest BCUT2D eigenvalue weighted by molar-refractivity contribution is -0.121. The van der Waals surface area contributed by atoms with E-state index in [1.54, 1.807) is 0 Å². The third kappa shape index (κ3) is 20.5. The number of nitrogens with one attached hydrogen (secondary N) is 2. The average molecular weight is 453 g/mol. The molecule has 0 rings (SSSR count). The normalized spacial score (nSPS) is 11.2. The summed E-state index contributed by atoms with van der Waals surface area (Å²) in [6, 6.07) is 0. The molecule has 2 amide bonds. The molecule has 0 unspecified atom stereocenters. The molecule has 0 aliphatic heterocycles. The van der Waals surface area contributed by atoms with E-state index in [1.165, 1.54) is 0 Å². The van der Waals surface area contributed by atoms with Gasteiger partial charge in [0.05, 0.1) is 26.4 Å². The van der Waals surface area contributed by atoms with Gasteiger partial charge in [-0.3, -0.25) is 9.59 Å². The molecule has 0 aromatic carbocycles. The van der Waals surface area contributed by atoms with Gasteiger partial charge in [-0.1, -0.05) is 13.8 Å². The minimum atomic E-state index is -0.00434. The highest BCUT2D eigenvalue weighted by Crippen LogP contribution is 2.06. The van der Waals surface area contributed by atoms with E-state index >= 15 is 0 Å². The predicted molar refractivity (Wildman–Crippen MR) is 124 cm³/mol. The fourth-order valence-corrected chi connectivity index (χ4v) is 3.11. The summed E-state index contributed by atoms with van der Waals surface area (Å²) in [4.78, 5) is 26.0. The molecule has 0 bridgehead atoms. The summed E-state index contributed by atoms with van der Waals surface area (Å²) in [6.45, 7) is 9.94. The molecule has 29 heavy (non-hydrogen) atoms. The first-order chi connectivity index (χ1) is 14.0. The van der Waals surface area contributed by atoms with Gasteiger partial charge in [0.2, 0.25) is 11.8 Å². The number of thioether (sulfide) groups is 1. The summed E-state index contributed by atoms with van der Waals surface area (Å²) in [6.07, 6.45) is 0.796. The van der Waals surface area contributed by atoms with Gasteiger partial charge in [0.25, 0.3) is 0 Å². The smallest absolute Gasteiger partial charge is 0.221 e. The molecule has 0 aliphatic rings. The van der Waals surface area contributed by atoms with E-state index in [-0.39, 0.29) is 11.8 Å².